The SMILES string of the molecule is COCCCCC(=O)OCC(CC(=O)Nc1ccccc1S(=O)(=O)Oc1ccccc1)C(C)=O. The van der Waals surface area contributed by atoms with E-state index in [2.05, 4.69) is 5.32 Å². The van der Waals surface area contributed by atoms with Crippen molar-refractivity contribution in [1.82, 2.24) is 0 Å². The standard InChI is InChI=1S/C24H29NO8S/c1-18(26)19(17-32-24(28)14-8-9-15-31-2)16-23(27)25-21-12-6-7-13-22(21)34(29,30)33-20-10-4-3-5-11-20/h3-7,10-13,19H,8-9,14-17H2,1-2H3,(H,25,27). The van der Waals surface area contributed by atoms with Crippen molar-refractivity contribution in [2.75, 3.05) is 25.6 Å². The first-order valence-electron chi connectivity index (χ1n) is 10.8. The number of unbranched alkanes of at least 4 members (excludes halogenated alkanes) is 1. The van der Waals surface area contributed by atoms with Gasteiger partial charge in [0, 0.05) is 26.6 Å². The third-order valence-corrected chi connectivity index (χ3v) is 6.12. The number of methoxy groups -OCH3 is 1. The molecule has 10 heteroatoms. The van der Waals surface area contributed by atoms with Crippen molar-refractivity contribution in [3.8, 4) is 5.75 Å². The summed E-state index contributed by atoms with van der Waals surface area (Å²) in [5.41, 5.74) is 0.0147. The molecule has 0 aromatic heterocycles. The quantitative estimate of drug-likeness (QED) is 0.242. The average molecular weight is 492 g/mol. The van der Waals surface area contributed by atoms with E-state index in [0.29, 0.717) is 19.4 Å². The van der Waals surface area contributed by atoms with Crippen LogP contribution in [0.1, 0.15) is 32.6 Å². The maximum absolute atomic E-state index is 12.7. The highest BCUT2D eigenvalue weighted by Crippen LogP contribution is 2.25. The van der Waals surface area contributed by atoms with Crippen LogP contribution < -0.4 is 9.50 Å². The summed E-state index contributed by atoms with van der Waals surface area (Å²) in [5.74, 6) is -2.11. The Morgan fingerprint density at radius 2 is 1.65 bits per heavy atom. The minimum atomic E-state index is -4.23. The third-order valence-electron chi connectivity index (χ3n) is 4.81. The molecule has 0 radical (unpaired) electrons. The van der Waals surface area contributed by atoms with E-state index in [0.717, 1.165) is 0 Å². The van der Waals surface area contributed by atoms with Crippen LogP contribution in [0.15, 0.2) is 59.5 Å². The maximum Gasteiger partial charge on any atom is 0.341 e. The lowest BCUT2D eigenvalue weighted by atomic mass is 10.0. The number of hydrogen-bond donors (Lipinski definition) is 1. The Kier molecular flexibility index (Phi) is 10.7. The Bertz CT molecular complexity index is 1070. The van der Waals surface area contributed by atoms with Gasteiger partial charge in [-0.1, -0.05) is 30.3 Å². The van der Waals surface area contributed by atoms with Crippen molar-refractivity contribution in [2.45, 2.75) is 37.5 Å². The van der Waals surface area contributed by atoms with Gasteiger partial charge in [0.15, 0.2) is 0 Å². The first-order chi connectivity index (χ1) is 16.2. The second kappa shape index (κ2) is 13.5. The first kappa shape index (κ1) is 27.0. The molecule has 9 nitrogen and oxygen atoms in total. The van der Waals surface area contributed by atoms with Crippen LogP contribution in [0.4, 0.5) is 5.69 Å². The molecule has 0 fully saturated rings. The fourth-order valence-electron chi connectivity index (χ4n) is 2.96. The van der Waals surface area contributed by atoms with Crippen molar-refractivity contribution < 1.29 is 36.5 Å². The lowest BCUT2D eigenvalue weighted by Gasteiger charge is -2.16. The number of esters is 1. The fraction of sp³-hybridized carbons (Fsp3) is 0.375. The van der Waals surface area contributed by atoms with Crippen LogP contribution in [0, 0.1) is 5.92 Å². The molecule has 2 aromatic carbocycles. The van der Waals surface area contributed by atoms with Gasteiger partial charge in [0.25, 0.3) is 0 Å². The first-order valence-corrected chi connectivity index (χ1v) is 12.2. The van der Waals surface area contributed by atoms with E-state index in [9.17, 15) is 22.8 Å². The van der Waals surface area contributed by atoms with Gasteiger partial charge in [-0.05, 0) is 44.0 Å². The molecule has 184 valence electrons. The number of rotatable bonds is 14. The lowest BCUT2D eigenvalue weighted by molar-refractivity contribution is -0.147. The van der Waals surface area contributed by atoms with Crippen molar-refractivity contribution in [3.63, 3.8) is 0 Å². The molecule has 0 saturated carbocycles. The topological polar surface area (TPSA) is 125 Å². The lowest BCUT2D eigenvalue weighted by Crippen LogP contribution is -2.26. The van der Waals surface area contributed by atoms with Gasteiger partial charge >= 0.3 is 16.1 Å². The number of para-hydroxylation sites is 2. The van der Waals surface area contributed by atoms with Crippen molar-refractivity contribution in [2.24, 2.45) is 5.92 Å². The number of carbonyl (C=O) groups is 3. The second-order valence-electron chi connectivity index (χ2n) is 7.54. The van der Waals surface area contributed by atoms with Crippen LogP contribution in [0.5, 0.6) is 5.75 Å². The van der Waals surface area contributed by atoms with Crippen LogP contribution in [-0.4, -0.2) is 46.4 Å². The molecule has 0 aliphatic heterocycles. The molecule has 1 amide bonds. The number of ether oxygens (including phenoxy) is 2. The summed E-state index contributed by atoms with van der Waals surface area (Å²) in [7, 11) is -2.65. The van der Waals surface area contributed by atoms with E-state index in [4.69, 9.17) is 13.7 Å². The number of Topliss-reactive ketones (excluding diaryl/α,β-unsaturated/α-hetero) is 1. The number of hydrogen-bond acceptors (Lipinski definition) is 8. The predicted octanol–water partition coefficient (Wildman–Crippen LogP) is 3.35. The predicted molar refractivity (Wildman–Crippen MR) is 125 cm³/mol. The van der Waals surface area contributed by atoms with Crippen LogP contribution in [0.25, 0.3) is 0 Å². The smallest absolute Gasteiger partial charge is 0.341 e. The molecule has 0 saturated heterocycles. The molecule has 0 spiro atoms. The minimum Gasteiger partial charge on any atom is -0.465 e. The molecule has 0 heterocycles. The van der Waals surface area contributed by atoms with Crippen molar-refractivity contribution >= 4 is 33.5 Å². The van der Waals surface area contributed by atoms with Gasteiger partial charge in [-0.3, -0.25) is 14.4 Å². The Morgan fingerprint density at radius 3 is 2.32 bits per heavy atom. The second-order valence-corrected chi connectivity index (χ2v) is 9.05. The number of carbonyl (C=O) groups excluding carboxylic acids is 3. The van der Waals surface area contributed by atoms with Crippen LogP contribution in [-0.2, 0) is 34.0 Å². The molecule has 0 bridgehead atoms. The number of ketones is 1. The molecular formula is C24H29NO8S. The van der Waals surface area contributed by atoms with Crippen molar-refractivity contribution in [3.05, 3.63) is 54.6 Å². The third kappa shape index (κ3) is 8.95. The summed E-state index contributed by atoms with van der Waals surface area (Å²) in [5, 5.41) is 2.52. The summed E-state index contributed by atoms with van der Waals surface area (Å²) in [6, 6.07) is 13.8. The van der Waals surface area contributed by atoms with E-state index >= 15 is 0 Å². The molecule has 1 N–H and O–H groups in total. The zero-order chi connectivity index (χ0) is 25.0. The summed E-state index contributed by atoms with van der Waals surface area (Å²) >= 11 is 0. The van der Waals surface area contributed by atoms with E-state index in [-0.39, 0.29) is 41.6 Å². The number of nitrogens with one attached hydrogen (secondary N) is 1. The van der Waals surface area contributed by atoms with Gasteiger partial charge in [-0.15, -0.1) is 0 Å². The molecular weight excluding hydrogens is 462 g/mol. The Balaban J connectivity index is 2.00. The average Bonchev–Trinajstić information content (AvgIpc) is 2.80. The van der Waals surface area contributed by atoms with Crippen molar-refractivity contribution in [1.29, 1.82) is 0 Å². The van der Waals surface area contributed by atoms with Gasteiger partial charge < -0.3 is 19.0 Å². The zero-order valence-electron chi connectivity index (χ0n) is 19.2. The Labute approximate surface area is 199 Å². The number of amides is 1. The largest absolute Gasteiger partial charge is 0.465 e. The van der Waals surface area contributed by atoms with Crippen LogP contribution in [0.2, 0.25) is 0 Å². The van der Waals surface area contributed by atoms with Crippen LogP contribution >= 0.6 is 0 Å². The monoisotopic (exact) mass is 491 g/mol. The van der Waals surface area contributed by atoms with Gasteiger partial charge in [0.05, 0.1) is 11.6 Å². The van der Waals surface area contributed by atoms with E-state index in [1.165, 1.54) is 37.3 Å². The summed E-state index contributed by atoms with van der Waals surface area (Å²) in [6.45, 7) is 1.61. The highest BCUT2D eigenvalue weighted by Gasteiger charge is 2.24. The van der Waals surface area contributed by atoms with Crippen LogP contribution in [0.3, 0.4) is 0 Å². The number of benzene rings is 2. The van der Waals surface area contributed by atoms with Gasteiger partial charge in [0.2, 0.25) is 5.91 Å². The maximum atomic E-state index is 12.7. The number of anilines is 1. The Morgan fingerprint density at radius 1 is 0.971 bits per heavy atom. The van der Waals surface area contributed by atoms with E-state index in [1.807, 2.05) is 0 Å². The highest BCUT2D eigenvalue weighted by atomic mass is 32.2. The Hall–Kier alpha value is -3.24. The fourth-order valence-corrected chi connectivity index (χ4v) is 4.05. The normalized spacial score (nSPS) is 11.9. The summed E-state index contributed by atoms with van der Waals surface area (Å²) < 4.78 is 40.7. The van der Waals surface area contributed by atoms with Gasteiger partial charge in [-0.2, -0.15) is 8.42 Å². The molecule has 2 aromatic rings. The molecule has 1 atom stereocenters. The van der Waals surface area contributed by atoms with Gasteiger partial charge in [-0.25, -0.2) is 0 Å². The molecule has 1 unspecified atom stereocenters. The molecule has 0 aliphatic rings. The molecule has 0 aliphatic carbocycles. The van der Waals surface area contributed by atoms with E-state index < -0.39 is 27.9 Å². The summed E-state index contributed by atoms with van der Waals surface area (Å²) in [6.07, 6.45) is 1.21. The minimum absolute atomic E-state index is 0.0147. The molecule has 34 heavy (non-hydrogen) atoms. The zero-order valence-corrected chi connectivity index (χ0v) is 20.0. The highest BCUT2D eigenvalue weighted by molar-refractivity contribution is 7.87. The van der Waals surface area contributed by atoms with E-state index in [1.54, 1.807) is 31.4 Å². The summed E-state index contributed by atoms with van der Waals surface area (Å²) in [4.78, 5) is 36.2. The van der Waals surface area contributed by atoms with Gasteiger partial charge in [0.1, 0.15) is 23.0 Å². The molecule has 2 rings (SSSR count).